The first kappa shape index (κ1) is 16.2. The van der Waals surface area contributed by atoms with E-state index in [-0.39, 0.29) is 12.3 Å². The Bertz CT molecular complexity index is 875. The predicted molar refractivity (Wildman–Crippen MR) is 93.0 cm³/mol. The second kappa shape index (κ2) is 6.84. The molecule has 0 aliphatic heterocycles. The number of carbonyl (C=O) groups excluding carboxylic acids is 1. The normalized spacial score (nSPS) is 10.6. The van der Waals surface area contributed by atoms with Gasteiger partial charge in [0, 0.05) is 23.1 Å². The molecule has 1 aromatic carbocycles. The number of hydrogen-bond donors (Lipinski definition) is 1. The van der Waals surface area contributed by atoms with Crippen molar-refractivity contribution in [2.24, 2.45) is 0 Å². The number of nitrogens with one attached hydrogen (secondary N) is 1. The minimum absolute atomic E-state index is 0.137. The minimum atomic E-state index is -0.158. The number of halogens is 1. The van der Waals surface area contributed by atoms with Crippen molar-refractivity contribution in [3.63, 3.8) is 0 Å². The number of oxazole rings is 1. The van der Waals surface area contributed by atoms with Gasteiger partial charge in [-0.05, 0) is 49.7 Å². The van der Waals surface area contributed by atoms with E-state index in [1.807, 2.05) is 19.1 Å². The van der Waals surface area contributed by atoms with Crippen molar-refractivity contribution in [2.75, 3.05) is 5.32 Å². The van der Waals surface area contributed by atoms with Gasteiger partial charge in [0.05, 0.1) is 17.7 Å². The third-order valence-electron chi connectivity index (χ3n) is 3.59. The van der Waals surface area contributed by atoms with E-state index in [4.69, 9.17) is 16.0 Å². The molecule has 0 spiro atoms. The summed E-state index contributed by atoms with van der Waals surface area (Å²) in [6.07, 6.45) is 3.49. The number of benzene rings is 1. The van der Waals surface area contributed by atoms with E-state index in [1.165, 1.54) is 0 Å². The lowest BCUT2D eigenvalue weighted by Gasteiger charge is -2.08. The van der Waals surface area contributed by atoms with Gasteiger partial charge in [0.2, 0.25) is 11.8 Å². The van der Waals surface area contributed by atoms with Gasteiger partial charge in [0.25, 0.3) is 0 Å². The number of nitrogens with zero attached hydrogens (tertiary/aromatic N) is 2. The van der Waals surface area contributed by atoms with E-state index in [9.17, 15) is 4.79 Å². The van der Waals surface area contributed by atoms with Crippen LogP contribution >= 0.6 is 11.6 Å². The second-order valence-corrected chi connectivity index (χ2v) is 5.88. The monoisotopic (exact) mass is 341 g/mol. The van der Waals surface area contributed by atoms with Crippen molar-refractivity contribution in [3.8, 4) is 11.5 Å². The molecule has 0 fully saturated rings. The lowest BCUT2D eigenvalue weighted by Crippen LogP contribution is -2.15. The molecule has 0 aliphatic rings. The number of pyridine rings is 1. The van der Waals surface area contributed by atoms with Crippen molar-refractivity contribution in [3.05, 3.63) is 64.8 Å². The van der Waals surface area contributed by atoms with Crippen molar-refractivity contribution in [1.29, 1.82) is 0 Å². The number of rotatable bonds is 4. The van der Waals surface area contributed by atoms with E-state index in [2.05, 4.69) is 15.3 Å². The van der Waals surface area contributed by atoms with Gasteiger partial charge < -0.3 is 9.73 Å². The van der Waals surface area contributed by atoms with E-state index >= 15 is 0 Å². The number of aromatic nitrogens is 2. The predicted octanol–water partition coefficient (Wildman–Crippen LogP) is 4.19. The Balaban J connectivity index is 1.74. The van der Waals surface area contributed by atoms with E-state index in [0.29, 0.717) is 22.4 Å². The fourth-order valence-electron chi connectivity index (χ4n) is 2.32. The molecule has 0 atom stereocenters. The van der Waals surface area contributed by atoms with Crippen LogP contribution in [0, 0.1) is 13.8 Å². The fraction of sp³-hybridized carbons (Fsp3) is 0.167. The standard InChI is InChI=1S/C18H16ClN3O2/c1-11-8-14(19)5-6-15(11)21-17(23)9-16-12(2)24-18(22-16)13-4-3-7-20-10-13/h3-8,10H,9H2,1-2H3,(H,21,23). The molecule has 2 aromatic heterocycles. The number of aryl methyl sites for hydroxylation is 2. The topological polar surface area (TPSA) is 68.0 Å². The quantitative estimate of drug-likeness (QED) is 0.772. The van der Waals surface area contributed by atoms with Crippen LogP contribution in [0.25, 0.3) is 11.5 Å². The highest BCUT2D eigenvalue weighted by Crippen LogP contribution is 2.22. The van der Waals surface area contributed by atoms with Crippen LogP contribution in [0.5, 0.6) is 0 Å². The highest BCUT2D eigenvalue weighted by molar-refractivity contribution is 6.30. The maximum atomic E-state index is 12.3. The average molecular weight is 342 g/mol. The Kier molecular flexibility index (Phi) is 4.62. The Hall–Kier alpha value is -2.66. The maximum Gasteiger partial charge on any atom is 0.230 e. The Morgan fingerprint density at radius 1 is 1.29 bits per heavy atom. The lowest BCUT2D eigenvalue weighted by molar-refractivity contribution is -0.115. The maximum absolute atomic E-state index is 12.3. The molecule has 0 unspecified atom stereocenters. The highest BCUT2D eigenvalue weighted by Gasteiger charge is 2.15. The zero-order valence-electron chi connectivity index (χ0n) is 13.3. The number of amides is 1. The summed E-state index contributed by atoms with van der Waals surface area (Å²) in [5, 5.41) is 3.51. The van der Waals surface area contributed by atoms with Crippen LogP contribution in [0.4, 0.5) is 5.69 Å². The summed E-state index contributed by atoms with van der Waals surface area (Å²) in [6.45, 7) is 3.69. The van der Waals surface area contributed by atoms with Gasteiger partial charge in [-0.1, -0.05) is 11.6 Å². The molecule has 3 aromatic rings. The summed E-state index contributed by atoms with van der Waals surface area (Å²) in [5.41, 5.74) is 3.03. The van der Waals surface area contributed by atoms with Crippen LogP contribution < -0.4 is 5.32 Å². The van der Waals surface area contributed by atoms with Gasteiger partial charge in [-0.25, -0.2) is 4.98 Å². The highest BCUT2D eigenvalue weighted by atomic mass is 35.5. The van der Waals surface area contributed by atoms with Crippen molar-refractivity contribution < 1.29 is 9.21 Å². The van der Waals surface area contributed by atoms with Crippen molar-refractivity contribution in [1.82, 2.24) is 9.97 Å². The summed E-state index contributed by atoms with van der Waals surface area (Å²) in [7, 11) is 0. The molecular weight excluding hydrogens is 326 g/mol. The molecule has 0 saturated heterocycles. The van der Waals surface area contributed by atoms with Gasteiger partial charge >= 0.3 is 0 Å². The average Bonchev–Trinajstić information content (AvgIpc) is 2.92. The van der Waals surface area contributed by atoms with E-state index in [0.717, 1.165) is 16.8 Å². The van der Waals surface area contributed by atoms with Crippen molar-refractivity contribution >= 4 is 23.2 Å². The largest absolute Gasteiger partial charge is 0.441 e. The Morgan fingerprint density at radius 3 is 2.83 bits per heavy atom. The van der Waals surface area contributed by atoms with Gasteiger partial charge in [0.1, 0.15) is 5.76 Å². The number of anilines is 1. The zero-order chi connectivity index (χ0) is 17.1. The molecule has 0 aliphatic carbocycles. The van der Waals surface area contributed by atoms with Crippen molar-refractivity contribution in [2.45, 2.75) is 20.3 Å². The summed E-state index contributed by atoms with van der Waals surface area (Å²) in [6, 6.07) is 9.00. The van der Waals surface area contributed by atoms with E-state index < -0.39 is 0 Å². The molecular formula is C18H16ClN3O2. The Labute approximate surface area is 144 Å². The lowest BCUT2D eigenvalue weighted by atomic mass is 10.2. The van der Waals surface area contributed by atoms with Gasteiger partial charge in [-0.2, -0.15) is 0 Å². The summed E-state index contributed by atoms with van der Waals surface area (Å²) < 4.78 is 5.64. The first-order valence-electron chi connectivity index (χ1n) is 7.45. The number of hydrogen-bond acceptors (Lipinski definition) is 4. The molecule has 1 N–H and O–H groups in total. The first-order chi connectivity index (χ1) is 11.5. The summed E-state index contributed by atoms with van der Waals surface area (Å²) in [5.74, 6) is 0.928. The van der Waals surface area contributed by atoms with Crippen LogP contribution in [0.3, 0.4) is 0 Å². The SMILES string of the molecule is Cc1cc(Cl)ccc1NC(=O)Cc1nc(-c2cccnc2)oc1C. The molecule has 24 heavy (non-hydrogen) atoms. The van der Waals surface area contributed by atoms with Crippen LogP contribution in [-0.2, 0) is 11.2 Å². The molecule has 0 bridgehead atoms. The summed E-state index contributed by atoms with van der Waals surface area (Å²) in [4.78, 5) is 20.7. The second-order valence-electron chi connectivity index (χ2n) is 5.45. The Morgan fingerprint density at radius 2 is 2.12 bits per heavy atom. The van der Waals surface area contributed by atoms with Crippen LogP contribution in [0.2, 0.25) is 5.02 Å². The molecule has 0 radical (unpaired) electrons. The fourth-order valence-corrected chi connectivity index (χ4v) is 2.55. The van der Waals surface area contributed by atoms with Crippen LogP contribution in [0.1, 0.15) is 17.0 Å². The molecule has 5 nitrogen and oxygen atoms in total. The van der Waals surface area contributed by atoms with E-state index in [1.54, 1.807) is 37.5 Å². The number of carbonyl (C=O) groups is 1. The first-order valence-corrected chi connectivity index (χ1v) is 7.83. The summed E-state index contributed by atoms with van der Waals surface area (Å²) >= 11 is 5.92. The molecule has 6 heteroatoms. The van der Waals surface area contributed by atoms with Gasteiger partial charge in [-0.15, -0.1) is 0 Å². The molecule has 1 amide bonds. The van der Waals surface area contributed by atoms with Crippen LogP contribution in [-0.4, -0.2) is 15.9 Å². The third-order valence-corrected chi connectivity index (χ3v) is 3.83. The molecule has 122 valence electrons. The zero-order valence-corrected chi connectivity index (χ0v) is 14.1. The van der Waals surface area contributed by atoms with Gasteiger partial charge in [-0.3, -0.25) is 9.78 Å². The van der Waals surface area contributed by atoms with Gasteiger partial charge in [0.15, 0.2) is 0 Å². The molecule has 3 rings (SSSR count). The molecule has 0 saturated carbocycles. The molecule has 2 heterocycles. The minimum Gasteiger partial charge on any atom is -0.441 e. The third kappa shape index (κ3) is 3.63. The smallest absolute Gasteiger partial charge is 0.230 e. The van der Waals surface area contributed by atoms with Crippen LogP contribution in [0.15, 0.2) is 47.1 Å².